The van der Waals surface area contributed by atoms with Crippen molar-refractivity contribution in [2.45, 2.75) is 52.3 Å². The Morgan fingerprint density at radius 2 is 0.679 bits per heavy atom. The summed E-state index contributed by atoms with van der Waals surface area (Å²) in [7, 11) is 1.55. The second-order valence-electron chi connectivity index (χ2n) is 30.5. The molecule has 0 unspecified atom stereocenters. The van der Waals surface area contributed by atoms with Gasteiger partial charge in [-0.1, -0.05) is 152 Å². The maximum absolute atomic E-state index is 12.4. The van der Waals surface area contributed by atoms with Gasteiger partial charge in [-0.25, -0.2) is 14.8 Å². The SMILES string of the molecule is CNC(=O)c1cc(OCc2nnc3ccc(-c4ccccc4)nn23)ccn1.Nc1cc(OCc2nnc3ccc(-c4ccccc4)nn23)ccn1.O=C(Cc1cc(OCc2nnc3ccc(-c4ccccc4)nn23)ccn1)N1CCCC1.O=C(Nc1cc(OCc2nnc3ccc(-c4ccccc4)nn23)ccn1)N1CCOCC1.c1ccc(-c2ccc3nnc(COc4ccncc4)n3n2)cc1. The van der Waals surface area contributed by atoms with Gasteiger partial charge in [0.1, 0.15) is 79.1 Å². The molecule has 0 spiro atoms. The molecule has 20 aromatic rings. The Morgan fingerprint density at radius 3 is 1.06 bits per heavy atom. The van der Waals surface area contributed by atoms with Crippen LogP contribution in [0.25, 0.3) is 84.5 Å². The molecule has 2 saturated heterocycles. The number of carbonyl (C=O) groups excluding carboxylic acids is 3. The predicted octanol–water partition coefficient (Wildman–Crippen LogP) is 12.8. The molecule has 39 heteroatoms. The van der Waals surface area contributed by atoms with E-state index in [1.165, 1.54) is 6.20 Å². The van der Waals surface area contributed by atoms with Crippen molar-refractivity contribution in [2.75, 3.05) is 57.5 Å². The van der Waals surface area contributed by atoms with E-state index in [1.807, 2.05) is 217 Å². The highest BCUT2D eigenvalue weighted by Gasteiger charge is 2.23. The number of aromatic nitrogens is 25. The number of morpholine rings is 1. The topological polar surface area (TPSA) is 443 Å². The zero-order valence-electron chi connectivity index (χ0n) is 73.7. The van der Waals surface area contributed by atoms with Crippen molar-refractivity contribution in [3.63, 3.8) is 0 Å². The second kappa shape index (κ2) is 43.5. The number of urea groups is 1. The van der Waals surface area contributed by atoms with Crippen LogP contribution in [-0.2, 0) is 49.0 Å². The van der Waals surface area contributed by atoms with Gasteiger partial charge in [0.05, 0.1) is 53.8 Å². The number of amides is 4. The third-order valence-corrected chi connectivity index (χ3v) is 21.3. The van der Waals surface area contributed by atoms with E-state index >= 15 is 0 Å². The summed E-state index contributed by atoms with van der Waals surface area (Å²) in [5.41, 5.74) is 19.2. The van der Waals surface area contributed by atoms with E-state index in [0.29, 0.717) is 124 Å². The van der Waals surface area contributed by atoms with Crippen molar-refractivity contribution >= 4 is 57.7 Å². The number of anilines is 2. The van der Waals surface area contributed by atoms with Gasteiger partial charge in [-0.2, -0.15) is 48.1 Å². The Labute approximate surface area is 781 Å². The highest BCUT2D eigenvalue weighted by molar-refractivity contribution is 5.92. The molecule has 0 bridgehead atoms. The Kier molecular flexibility index (Phi) is 28.3. The second-order valence-corrected chi connectivity index (χ2v) is 30.5. The molecule has 0 radical (unpaired) electrons. The Bertz CT molecular complexity index is 7460. The largest absolute Gasteiger partial charge is 0.485 e. The number of hydrogen-bond donors (Lipinski definition) is 3. The summed E-state index contributed by atoms with van der Waals surface area (Å²) in [6.07, 6.45) is 12.2. The van der Waals surface area contributed by atoms with Crippen LogP contribution in [0.15, 0.2) is 310 Å². The number of rotatable bonds is 24. The average Bonchev–Trinajstić information content (AvgIpc) is 1.68. The van der Waals surface area contributed by atoms with E-state index in [4.69, 9.17) is 34.2 Å². The van der Waals surface area contributed by atoms with Gasteiger partial charge in [-0.05, 0) is 110 Å². The van der Waals surface area contributed by atoms with E-state index in [-0.39, 0.29) is 63.0 Å². The first-order valence-corrected chi connectivity index (χ1v) is 43.6. The lowest BCUT2D eigenvalue weighted by molar-refractivity contribution is -0.129. The van der Waals surface area contributed by atoms with E-state index in [9.17, 15) is 14.4 Å². The van der Waals surface area contributed by atoms with Crippen LogP contribution in [0.1, 0.15) is 58.1 Å². The van der Waals surface area contributed by atoms with E-state index in [2.05, 4.69) is 112 Å². The Balaban J connectivity index is 0.000000115. The minimum absolute atomic E-state index is 0.114. The number of hydrogen-bond acceptors (Lipinski definition) is 30. The molecular formula is C98H86N30O9. The number of benzene rings is 5. The van der Waals surface area contributed by atoms with Crippen LogP contribution in [0.2, 0.25) is 0 Å². The van der Waals surface area contributed by atoms with E-state index in [0.717, 1.165) is 88.0 Å². The van der Waals surface area contributed by atoms with Crippen LogP contribution in [0, 0.1) is 0 Å². The first kappa shape index (κ1) is 89.2. The lowest BCUT2D eigenvalue weighted by atomic mass is 10.1. The fraction of sp³-hybridized carbons (Fsp3) is 0.153. The Morgan fingerprint density at radius 1 is 0.343 bits per heavy atom. The number of nitrogens with one attached hydrogen (secondary N) is 2. The van der Waals surface area contributed by atoms with Crippen LogP contribution in [0.3, 0.4) is 0 Å². The van der Waals surface area contributed by atoms with Crippen molar-refractivity contribution in [3.05, 3.63) is 351 Å². The van der Waals surface area contributed by atoms with Crippen LogP contribution < -0.4 is 40.1 Å². The lowest BCUT2D eigenvalue weighted by Crippen LogP contribution is -2.43. The summed E-state index contributed by atoms with van der Waals surface area (Å²) >= 11 is 0. The molecule has 0 aliphatic carbocycles. The maximum atomic E-state index is 12.4. The van der Waals surface area contributed by atoms with Crippen LogP contribution >= 0.6 is 0 Å². The quantitative estimate of drug-likeness (QED) is 0.0506. The molecule has 39 nitrogen and oxygen atoms in total. The summed E-state index contributed by atoms with van der Waals surface area (Å²) in [5, 5.41) is 70.0. The molecule has 22 rings (SSSR count). The molecule has 15 aromatic heterocycles. The molecule has 137 heavy (non-hydrogen) atoms. The zero-order chi connectivity index (χ0) is 93.3. The van der Waals surface area contributed by atoms with Crippen molar-refractivity contribution in [1.29, 1.82) is 0 Å². The monoisotopic (exact) mass is 1830 g/mol. The third-order valence-electron chi connectivity index (χ3n) is 21.3. The number of ether oxygens (including phenoxy) is 6. The number of nitrogen functional groups attached to an aromatic ring is 1. The highest BCUT2D eigenvalue weighted by atomic mass is 16.5. The van der Waals surface area contributed by atoms with Crippen LogP contribution in [-0.4, -0.2) is 198 Å². The van der Waals surface area contributed by atoms with E-state index < -0.39 is 0 Å². The number of pyridine rings is 5. The third kappa shape index (κ3) is 23.0. The minimum atomic E-state index is -0.275. The highest BCUT2D eigenvalue weighted by Crippen LogP contribution is 2.27. The van der Waals surface area contributed by atoms with Crippen LogP contribution in [0.4, 0.5) is 16.4 Å². The number of nitrogens with zero attached hydrogens (tertiary/aromatic N) is 27. The molecular weight excluding hydrogens is 1740 g/mol. The summed E-state index contributed by atoms with van der Waals surface area (Å²) in [6.45, 7) is 4.91. The molecule has 2 fully saturated rings. The van der Waals surface area contributed by atoms with Crippen LogP contribution in [0.5, 0.6) is 28.7 Å². The van der Waals surface area contributed by atoms with Gasteiger partial charge in [0, 0.05) is 122 Å². The van der Waals surface area contributed by atoms with Crippen molar-refractivity contribution in [3.8, 4) is 85.0 Å². The molecule has 2 aliphatic heterocycles. The maximum Gasteiger partial charge on any atom is 0.323 e. The first-order valence-electron chi connectivity index (χ1n) is 43.6. The molecule has 4 N–H and O–H groups in total. The number of likely N-dealkylation sites (tertiary alicyclic amines) is 1. The molecule has 17 heterocycles. The van der Waals surface area contributed by atoms with Gasteiger partial charge >= 0.3 is 6.03 Å². The number of nitrogens with two attached hydrogens (primary N) is 1. The lowest BCUT2D eigenvalue weighted by Gasteiger charge is -2.26. The van der Waals surface area contributed by atoms with Crippen molar-refractivity contribution in [1.82, 2.24) is 139 Å². The molecule has 682 valence electrons. The molecule has 0 saturated carbocycles. The summed E-state index contributed by atoms with van der Waals surface area (Å²) in [5.74, 6) is 6.68. The Hall–Kier alpha value is -18.4. The van der Waals surface area contributed by atoms with Gasteiger partial charge in [-0.3, -0.25) is 29.9 Å². The normalized spacial score (nSPS) is 12.1. The fourth-order valence-electron chi connectivity index (χ4n) is 14.3. The summed E-state index contributed by atoms with van der Waals surface area (Å²) in [6, 6.07) is 85.7. The number of carbonyl (C=O) groups is 3. The number of fused-ring (bicyclic) bond motifs is 5. The van der Waals surface area contributed by atoms with Gasteiger partial charge in [-0.15, -0.1) is 51.0 Å². The first-order chi connectivity index (χ1) is 67.5. The average molecular weight is 1830 g/mol. The van der Waals surface area contributed by atoms with E-state index in [1.54, 1.807) is 126 Å². The van der Waals surface area contributed by atoms with Crippen molar-refractivity contribution < 1.29 is 42.8 Å². The molecule has 4 amide bonds. The van der Waals surface area contributed by atoms with Crippen molar-refractivity contribution in [2.24, 2.45) is 0 Å². The molecule has 5 aromatic carbocycles. The smallest absolute Gasteiger partial charge is 0.323 e. The predicted molar refractivity (Wildman–Crippen MR) is 503 cm³/mol. The molecule has 2 aliphatic rings. The summed E-state index contributed by atoms with van der Waals surface area (Å²) in [4.78, 5) is 60.4. The standard InChI is InChI=1S/C23H22N6O2.C22H21N7O3.C19H16N6O2.C17H14N6O.C17H13N5O/c30-23(28-12-4-5-13-28)15-18-14-19(10-11-24-18)31-16-22-26-25-21-9-8-20(27-29(21)22)17-6-2-1-3-7-17;30-22(28-10-12-31-13-11-28)24-19-14-17(8-9-23-19)32-15-21-26-25-20-7-6-18(27-29(20)21)16-4-2-1-3-5-16;1-20-19(26)16-11-14(9-10-21-16)27-12-18-23-22-17-8-7-15(24-25(17)18)13-5-3-2-4-6-13;18-15-10-13(8-9-19-15)24-11-17-21-20-16-7-6-14(22-23(16)17)12-4-2-1-3-5-12;1-2-4-13(5-3-1)15-6-7-16-19-20-17(22(16)21-15)12-23-14-8-10-18-11-9-14/h1-3,6-11,14H,4-5,12-13,15-16H2;1-9,14H,10-13,15H2,(H,23,24,30);2-11H,12H2,1H3,(H,20,26);1-10H,11H2,(H2,18,19);1-11H,12H2. The van der Waals surface area contributed by atoms with Gasteiger partial charge in [0.25, 0.3) is 5.91 Å². The zero-order valence-corrected chi connectivity index (χ0v) is 73.7. The fourth-order valence-corrected chi connectivity index (χ4v) is 14.3. The van der Waals surface area contributed by atoms with Gasteiger partial charge < -0.3 is 49.3 Å². The van der Waals surface area contributed by atoms with Gasteiger partial charge in [0.2, 0.25) is 5.91 Å². The summed E-state index contributed by atoms with van der Waals surface area (Å²) < 4.78 is 42.7. The molecule has 0 atom stereocenters. The minimum Gasteiger partial charge on any atom is -0.485 e. The van der Waals surface area contributed by atoms with Gasteiger partial charge in [0.15, 0.2) is 57.4 Å².